The minimum Gasteiger partial charge on any atom is -0.444 e. The van der Waals surface area contributed by atoms with Crippen molar-refractivity contribution in [2.24, 2.45) is 5.92 Å². The number of aliphatic hydroxyl groups is 1. The van der Waals surface area contributed by atoms with E-state index in [0.29, 0.717) is 19.0 Å². The largest absolute Gasteiger partial charge is 0.444 e. The highest BCUT2D eigenvalue weighted by atomic mass is 16.6. The Morgan fingerprint density at radius 2 is 1.93 bits per heavy atom. The van der Waals surface area contributed by atoms with Crippen LogP contribution in [0, 0.1) is 5.92 Å². The Balaban J connectivity index is 1.67. The number of benzene rings is 1. The first kappa shape index (κ1) is 20.2. The minimum atomic E-state index is -0.517. The smallest absolute Gasteiger partial charge is 0.410 e. The number of piperidine rings is 1. The first-order valence-corrected chi connectivity index (χ1v) is 10.3. The number of carbonyl (C=O) groups is 1. The molecule has 4 atom stereocenters. The molecular weight excluding hydrogens is 340 g/mol. The summed E-state index contributed by atoms with van der Waals surface area (Å²) in [5.41, 5.74) is 0.575. The number of aliphatic hydroxyl groups excluding tert-OH is 1. The quantitative estimate of drug-likeness (QED) is 0.843. The number of ether oxygens (including phenoxy) is 1. The van der Waals surface area contributed by atoms with Crippen LogP contribution in [0.2, 0.25) is 0 Å². The van der Waals surface area contributed by atoms with Crippen molar-refractivity contribution in [2.75, 3.05) is 6.54 Å². The van der Waals surface area contributed by atoms with Crippen molar-refractivity contribution in [3.63, 3.8) is 0 Å². The lowest BCUT2D eigenvalue weighted by Crippen LogP contribution is -2.58. The summed E-state index contributed by atoms with van der Waals surface area (Å²) in [5, 5.41) is 14.0. The van der Waals surface area contributed by atoms with E-state index in [4.69, 9.17) is 4.74 Å². The van der Waals surface area contributed by atoms with Crippen molar-refractivity contribution < 1.29 is 14.6 Å². The molecule has 1 aromatic carbocycles. The van der Waals surface area contributed by atoms with E-state index < -0.39 is 5.60 Å². The van der Waals surface area contributed by atoms with Crippen molar-refractivity contribution in [1.82, 2.24) is 10.2 Å². The second-order valence-corrected chi connectivity index (χ2v) is 9.07. The van der Waals surface area contributed by atoms with Gasteiger partial charge in [0.15, 0.2) is 0 Å². The van der Waals surface area contributed by atoms with E-state index in [9.17, 15) is 9.90 Å². The van der Waals surface area contributed by atoms with Crippen LogP contribution in [0.25, 0.3) is 0 Å². The van der Waals surface area contributed by atoms with Crippen LogP contribution in [0.4, 0.5) is 4.79 Å². The Hall–Kier alpha value is -1.59. The van der Waals surface area contributed by atoms with Gasteiger partial charge in [-0.05, 0) is 57.9 Å². The fraction of sp³-hybridized carbons (Fsp3) is 0.682. The molecule has 27 heavy (non-hydrogen) atoms. The lowest BCUT2D eigenvalue weighted by molar-refractivity contribution is 0.00909. The van der Waals surface area contributed by atoms with Crippen molar-refractivity contribution in [2.45, 2.75) is 83.2 Å². The zero-order valence-corrected chi connectivity index (χ0v) is 16.9. The summed E-state index contributed by atoms with van der Waals surface area (Å²) in [6.45, 7) is 6.82. The van der Waals surface area contributed by atoms with Gasteiger partial charge in [0, 0.05) is 25.2 Å². The fourth-order valence-electron chi connectivity index (χ4n) is 4.35. The summed E-state index contributed by atoms with van der Waals surface area (Å²) >= 11 is 0. The highest BCUT2D eigenvalue weighted by molar-refractivity contribution is 5.68. The van der Waals surface area contributed by atoms with Gasteiger partial charge >= 0.3 is 6.09 Å². The van der Waals surface area contributed by atoms with Gasteiger partial charge in [0.1, 0.15) is 5.60 Å². The van der Waals surface area contributed by atoms with Crippen molar-refractivity contribution in [3.05, 3.63) is 35.9 Å². The Morgan fingerprint density at radius 3 is 2.63 bits per heavy atom. The number of nitrogens with one attached hydrogen (secondary N) is 1. The van der Waals surface area contributed by atoms with Crippen molar-refractivity contribution >= 4 is 6.09 Å². The molecule has 1 saturated heterocycles. The molecule has 0 radical (unpaired) electrons. The number of rotatable bonds is 4. The zero-order chi connectivity index (χ0) is 19.4. The van der Waals surface area contributed by atoms with Crippen LogP contribution in [0.15, 0.2) is 30.3 Å². The van der Waals surface area contributed by atoms with Gasteiger partial charge in [-0.2, -0.15) is 0 Å². The summed E-state index contributed by atoms with van der Waals surface area (Å²) in [7, 11) is 0. The molecule has 0 aromatic heterocycles. The predicted molar refractivity (Wildman–Crippen MR) is 106 cm³/mol. The second kappa shape index (κ2) is 8.61. The van der Waals surface area contributed by atoms with E-state index >= 15 is 0 Å². The molecule has 2 N–H and O–H groups in total. The highest BCUT2D eigenvalue weighted by Crippen LogP contribution is 2.33. The Labute approximate surface area is 163 Å². The fourth-order valence-corrected chi connectivity index (χ4v) is 4.35. The number of fused-ring (bicyclic) bond motifs is 1. The summed E-state index contributed by atoms with van der Waals surface area (Å²) in [4.78, 5) is 14.6. The molecule has 150 valence electrons. The standard InChI is InChI=1S/C22H34N2O3/c1-22(2,3)27-21(26)24(14-16-8-5-4-6-9-16)15-18-13-12-17-10-7-11-19(25)20(17)23-18/h4-6,8-9,17-20,23,25H,7,10-15H2,1-3H3. The first-order valence-electron chi connectivity index (χ1n) is 10.3. The maximum Gasteiger partial charge on any atom is 0.410 e. The molecule has 1 amide bonds. The molecule has 0 spiro atoms. The normalized spacial score (nSPS) is 28.3. The van der Waals surface area contributed by atoms with Crippen LogP contribution < -0.4 is 5.32 Å². The molecule has 5 nitrogen and oxygen atoms in total. The summed E-state index contributed by atoms with van der Waals surface area (Å²) < 4.78 is 5.65. The maximum atomic E-state index is 12.8. The number of hydrogen-bond donors (Lipinski definition) is 2. The molecule has 3 rings (SSSR count). The zero-order valence-electron chi connectivity index (χ0n) is 16.9. The monoisotopic (exact) mass is 374 g/mol. The van der Waals surface area contributed by atoms with E-state index in [1.54, 1.807) is 4.90 Å². The maximum absolute atomic E-state index is 12.8. The lowest BCUT2D eigenvalue weighted by Gasteiger charge is -2.44. The molecule has 2 aliphatic rings. The van der Waals surface area contributed by atoms with Crippen LogP contribution in [-0.2, 0) is 11.3 Å². The number of nitrogens with zero attached hydrogens (tertiary/aromatic N) is 1. The molecule has 0 bridgehead atoms. The van der Waals surface area contributed by atoms with Crippen molar-refractivity contribution in [3.8, 4) is 0 Å². The van der Waals surface area contributed by atoms with Gasteiger partial charge in [-0.15, -0.1) is 0 Å². The van der Waals surface area contributed by atoms with Crippen LogP contribution in [-0.4, -0.2) is 46.4 Å². The van der Waals surface area contributed by atoms with Crippen LogP contribution in [0.5, 0.6) is 0 Å². The molecule has 1 heterocycles. The molecule has 5 heteroatoms. The molecule has 4 unspecified atom stereocenters. The predicted octanol–water partition coefficient (Wildman–Crippen LogP) is 3.71. The van der Waals surface area contributed by atoms with Crippen LogP contribution in [0.3, 0.4) is 0 Å². The van der Waals surface area contributed by atoms with Crippen molar-refractivity contribution in [1.29, 1.82) is 0 Å². The number of hydrogen-bond acceptors (Lipinski definition) is 4. The van der Waals surface area contributed by atoms with Gasteiger partial charge in [-0.1, -0.05) is 36.8 Å². The van der Waals surface area contributed by atoms with E-state index in [2.05, 4.69) is 5.32 Å². The minimum absolute atomic E-state index is 0.162. The second-order valence-electron chi connectivity index (χ2n) is 9.07. The first-order chi connectivity index (χ1) is 12.8. The van der Waals surface area contributed by atoms with Gasteiger partial charge in [0.05, 0.1) is 6.10 Å². The third-order valence-corrected chi connectivity index (χ3v) is 5.62. The van der Waals surface area contributed by atoms with Gasteiger partial charge < -0.3 is 20.1 Å². The lowest BCUT2D eigenvalue weighted by atomic mass is 9.76. The topological polar surface area (TPSA) is 61.8 Å². The molecule has 1 aromatic rings. The Morgan fingerprint density at radius 1 is 1.19 bits per heavy atom. The highest BCUT2D eigenvalue weighted by Gasteiger charge is 2.38. The molecule has 2 fully saturated rings. The third-order valence-electron chi connectivity index (χ3n) is 5.62. The van der Waals surface area contributed by atoms with Crippen LogP contribution >= 0.6 is 0 Å². The molecule has 1 saturated carbocycles. The number of amides is 1. The Kier molecular flexibility index (Phi) is 6.43. The van der Waals surface area contributed by atoms with Gasteiger partial charge in [-0.3, -0.25) is 0 Å². The number of carbonyl (C=O) groups excluding carboxylic acids is 1. The molecular formula is C22H34N2O3. The molecule has 1 aliphatic carbocycles. The molecule has 1 aliphatic heterocycles. The Bertz CT molecular complexity index is 614. The van der Waals surface area contributed by atoms with Gasteiger partial charge in [0.25, 0.3) is 0 Å². The summed E-state index contributed by atoms with van der Waals surface area (Å²) in [5.74, 6) is 0.564. The third kappa shape index (κ3) is 5.69. The average Bonchev–Trinajstić information content (AvgIpc) is 2.61. The van der Waals surface area contributed by atoms with E-state index in [1.807, 2.05) is 51.1 Å². The van der Waals surface area contributed by atoms with E-state index in [0.717, 1.165) is 31.2 Å². The van der Waals surface area contributed by atoms with Crippen LogP contribution in [0.1, 0.15) is 58.4 Å². The SMILES string of the molecule is CC(C)(C)OC(=O)N(Cc1ccccc1)CC1CCC2CCCC(O)C2N1. The van der Waals surface area contributed by atoms with Gasteiger partial charge in [-0.25, -0.2) is 4.79 Å². The van der Waals surface area contributed by atoms with E-state index in [1.165, 1.54) is 6.42 Å². The summed E-state index contributed by atoms with van der Waals surface area (Å²) in [6.07, 6.45) is 4.79. The van der Waals surface area contributed by atoms with E-state index in [-0.39, 0.29) is 24.3 Å². The average molecular weight is 375 g/mol. The van der Waals surface area contributed by atoms with Gasteiger partial charge in [0.2, 0.25) is 0 Å². The summed E-state index contributed by atoms with van der Waals surface area (Å²) in [6, 6.07) is 10.4.